The second kappa shape index (κ2) is 11.4. The van der Waals surface area contributed by atoms with Crippen LogP contribution in [-0.2, 0) is 4.43 Å². The van der Waals surface area contributed by atoms with Crippen molar-refractivity contribution in [3.63, 3.8) is 0 Å². The van der Waals surface area contributed by atoms with E-state index >= 15 is 0 Å². The lowest BCUT2D eigenvalue weighted by Crippen LogP contribution is -2.44. The van der Waals surface area contributed by atoms with Gasteiger partial charge in [0.25, 0.3) is 5.56 Å². The number of fused-ring (bicyclic) bond motifs is 3. The van der Waals surface area contributed by atoms with Crippen molar-refractivity contribution in [1.82, 2.24) is 14.5 Å². The highest BCUT2D eigenvalue weighted by Gasteiger charge is 2.39. The number of anilines is 1. The van der Waals surface area contributed by atoms with Gasteiger partial charge in [0.15, 0.2) is 8.32 Å². The van der Waals surface area contributed by atoms with Gasteiger partial charge in [-0.15, -0.1) is 0 Å². The molecular weight excluding hydrogens is 500 g/mol. The number of hydrogen-bond acceptors (Lipinski definition) is 5. The molecule has 0 amide bonds. The quantitative estimate of drug-likeness (QED) is 0.185. The molecule has 4 rings (SSSR count). The predicted molar refractivity (Wildman–Crippen MR) is 159 cm³/mol. The van der Waals surface area contributed by atoms with Gasteiger partial charge in [-0.25, -0.2) is 4.98 Å². The first-order valence-electron chi connectivity index (χ1n) is 13.9. The molecule has 1 aliphatic rings. The fourth-order valence-electron chi connectivity index (χ4n) is 5.12. The van der Waals surface area contributed by atoms with E-state index in [0.29, 0.717) is 28.1 Å². The van der Waals surface area contributed by atoms with Crippen molar-refractivity contribution in [2.24, 2.45) is 0 Å². The van der Waals surface area contributed by atoms with Gasteiger partial charge < -0.3 is 9.74 Å². The first-order valence-corrected chi connectivity index (χ1v) is 17.2. The SMILES string of the molecule is CCCCNc1ncc2c3ccc(Cl)cc3c(=O)n([C@H]3CCC[C@H](O[Si](C)(C)C(C)(C)C)CCC3)c2n1. The molecule has 0 saturated heterocycles. The normalized spacial score (nSPS) is 19.6. The van der Waals surface area contributed by atoms with Crippen molar-refractivity contribution >= 4 is 47.7 Å². The van der Waals surface area contributed by atoms with Crippen LogP contribution in [0.5, 0.6) is 0 Å². The van der Waals surface area contributed by atoms with Crippen LogP contribution in [0, 0.1) is 0 Å². The zero-order chi connectivity index (χ0) is 26.8. The van der Waals surface area contributed by atoms with E-state index in [9.17, 15) is 4.79 Å². The number of pyridine rings is 1. The van der Waals surface area contributed by atoms with Crippen LogP contribution in [0.25, 0.3) is 21.8 Å². The number of nitrogens with one attached hydrogen (secondary N) is 1. The molecule has 1 saturated carbocycles. The van der Waals surface area contributed by atoms with Crippen molar-refractivity contribution < 1.29 is 4.43 Å². The number of unbranched alkanes of at least 4 members (excludes halogenated alkanes) is 1. The first kappa shape index (κ1) is 28.1. The fourth-order valence-corrected chi connectivity index (χ4v) is 6.72. The second-order valence-corrected chi connectivity index (χ2v) is 17.3. The first-order chi connectivity index (χ1) is 17.5. The van der Waals surface area contributed by atoms with E-state index in [1.165, 1.54) is 0 Å². The predicted octanol–water partition coefficient (Wildman–Crippen LogP) is 8.10. The molecule has 1 aliphatic carbocycles. The Hall–Kier alpha value is -1.96. The summed E-state index contributed by atoms with van der Waals surface area (Å²) in [6.07, 6.45) is 10.3. The van der Waals surface area contributed by atoms with Gasteiger partial charge in [-0.3, -0.25) is 9.36 Å². The maximum absolute atomic E-state index is 13.9. The Kier molecular flexibility index (Phi) is 8.66. The smallest absolute Gasteiger partial charge is 0.260 e. The summed E-state index contributed by atoms with van der Waals surface area (Å²) in [5, 5.41) is 6.50. The van der Waals surface area contributed by atoms with E-state index in [-0.39, 0.29) is 16.6 Å². The van der Waals surface area contributed by atoms with Gasteiger partial charge in [-0.2, -0.15) is 4.98 Å². The van der Waals surface area contributed by atoms with Crippen molar-refractivity contribution in [2.75, 3.05) is 11.9 Å². The maximum atomic E-state index is 13.9. The molecule has 0 unspecified atom stereocenters. The van der Waals surface area contributed by atoms with Crippen LogP contribution in [0.4, 0.5) is 5.95 Å². The average Bonchev–Trinajstić information content (AvgIpc) is 2.81. The lowest BCUT2D eigenvalue weighted by Gasteiger charge is -2.40. The van der Waals surface area contributed by atoms with Crippen molar-refractivity contribution in [1.29, 1.82) is 0 Å². The largest absolute Gasteiger partial charge is 0.414 e. The molecule has 8 heteroatoms. The second-order valence-electron chi connectivity index (χ2n) is 12.1. The van der Waals surface area contributed by atoms with E-state index in [2.05, 4.69) is 51.1 Å². The molecule has 0 atom stereocenters. The van der Waals surface area contributed by atoms with E-state index in [0.717, 1.165) is 68.7 Å². The Morgan fingerprint density at radius 1 is 1.11 bits per heavy atom. The van der Waals surface area contributed by atoms with Crippen molar-refractivity contribution in [2.45, 2.75) is 109 Å². The Balaban J connectivity index is 1.67. The third-order valence-corrected chi connectivity index (χ3v) is 13.1. The average molecular weight is 543 g/mol. The molecule has 202 valence electrons. The lowest BCUT2D eigenvalue weighted by atomic mass is 9.94. The minimum absolute atomic E-state index is 0.0112. The van der Waals surface area contributed by atoms with Gasteiger partial charge in [0.1, 0.15) is 5.65 Å². The van der Waals surface area contributed by atoms with Gasteiger partial charge in [0, 0.05) is 40.7 Å². The molecule has 1 aromatic carbocycles. The van der Waals surface area contributed by atoms with E-state index in [1.54, 1.807) is 6.07 Å². The van der Waals surface area contributed by atoms with Crippen LogP contribution in [0.2, 0.25) is 23.2 Å². The summed E-state index contributed by atoms with van der Waals surface area (Å²) in [4.78, 5) is 23.4. The Labute approximate surface area is 227 Å². The molecule has 0 aliphatic heterocycles. The van der Waals surface area contributed by atoms with Crippen LogP contribution >= 0.6 is 11.6 Å². The molecule has 37 heavy (non-hydrogen) atoms. The number of halogens is 1. The molecule has 0 radical (unpaired) electrons. The van der Waals surface area contributed by atoms with Crippen LogP contribution in [0.1, 0.15) is 85.1 Å². The summed E-state index contributed by atoms with van der Waals surface area (Å²) < 4.78 is 8.71. The molecule has 3 aromatic rings. The van der Waals surface area contributed by atoms with Crippen LogP contribution in [0.3, 0.4) is 0 Å². The van der Waals surface area contributed by atoms with Crippen molar-refractivity contribution in [3.05, 3.63) is 39.8 Å². The Bertz CT molecular complexity index is 1290. The summed E-state index contributed by atoms with van der Waals surface area (Å²) in [6, 6.07) is 5.62. The monoisotopic (exact) mass is 542 g/mol. The molecular formula is C29H43ClN4O2Si. The Morgan fingerprint density at radius 3 is 2.46 bits per heavy atom. The fraction of sp³-hybridized carbons (Fsp3) is 0.621. The highest BCUT2D eigenvalue weighted by molar-refractivity contribution is 6.74. The lowest BCUT2D eigenvalue weighted by molar-refractivity contribution is 0.141. The summed E-state index contributed by atoms with van der Waals surface area (Å²) in [5.74, 6) is 0.580. The Morgan fingerprint density at radius 2 is 1.81 bits per heavy atom. The number of hydrogen-bond donors (Lipinski definition) is 1. The van der Waals surface area contributed by atoms with Gasteiger partial charge in [0.2, 0.25) is 5.95 Å². The number of rotatable bonds is 7. The van der Waals surface area contributed by atoms with Gasteiger partial charge in [0.05, 0.1) is 0 Å². The van der Waals surface area contributed by atoms with Gasteiger partial charge >= 0.3 is 0 Å². The summed E-state index contributed by atoms with van der Waals surface area (Å²) in [5.41, 5.74) is 0.705. The molecule has 6 nitrogen and oxygen atoms in total. The van der Waals surface area contributed by atoms with Gasteiger partial charge in [-0.05, 0) is 80.6 Å². The maximum Gasteiger partial charge on any atom is 0.260 e. The van der Waals surface area contributed by atoms with Gasteiger partial charge in [-0.1, -0.05) is 51.8 Å². The van der Waals surface area contributed by atoms with Crippen LogP contribution in [0.15, 0.2) is 29.2 Å². The molecule has 2 aromatic heterocycles. The van der Waals surface area contributed by atoms with Crippen molar-refractivity contribution in [3.8, 4) is 0 Å². The highest BCUT2D eigenvalue weighted by Crippen LogP contribution is 2.39. The highest BCUT2D eigenvalue weighted by atomic mass is 35.5. The summed E-state index contributed by atoms with van der Waals surface area (Å²) in [7, 11) is -1.81. The third kappa shape index (κ3) is 6.20. The minimum atomic E-state index is -1.81. The summed E-state index contributed by atoms with van der Waals surface area (Å²) in [6.45, 7) is 14.6. The van der Waals surface area contributed by atoms with E-state index in [4.69, 9.17) is 21.0 Å². The number of nitrogens with zero attached hydrogens (tertiary/aromatic N) is 3. The molecule has 0 spiro atoms. The molecule has 0 bridgehead atoms. The van der Waals surface area contributed by atoms with E-state index in [1.807, 2.05) is 22.9 Å². The number of aromatic nitrogens is 3. The zero-order valence-electron chi connectivity index (χ0n) is 23.4. The van der Waals surface area contributed by atoms with Crippen LogP contribution < -0.4 is 10.9 Å². The zero-order valence-corrected chi connectivity index (χ0v) is 25.1. The minimum Gasteiger partial charge on any atom is -0.414 e. The third-order valence-electron chi connectivity index (χ3n) is 8.29. The standard InChI is InChI=1S/C29H43ClN4O2Si/c1-7-8-17-31-28-32-19-25-23-16-15-20(30)18-24(23)27(35)34(26(25)33-28)21-11-9-13-22(14-10-12-21)36-37(5,6)29(2,3)4/h15-16,18-19,21-22H,7-14,17H2,1-6H3,(H,31,32,33)/t21-,22-. The summed E-state index contributed by atoms with van der Waals surface area (Å²) >= 11 is 6.32. The van der Waals surface area contributed by atoms with Crippen LogP contribution in [-0.4, -0.2) is 35.5 Å². The molecule has 1 N–H and O–H groups in total. The molecule has 1 fully saturated rings. The topological polar surface area (TPSA) is 69.0 Å². The molecule has 2 heterocycles. The van der Waals surface area contributed by atoms with E-state index < -0.39 is 8.32 Å². The number of benzene rings is 1.